The van der Waals surface area contributed by atoms with Crippen molar-refractivity contribution in [1.29, 1.82) is 0 Å². The Morgan fingerprint density at radius 3 is 2.72 bits per heavy atom. The second-order valence-electron chi connectivity index (χ2n) is 7.93. The van der Waals surface area contributed by atoms with Gasteiger partial charge in [0.1, 0.15) is 0 Å². The van der Waals surface area contributed by atoms with Crippen LogP contribution >= 0.6 is 11.6 Å². The van der Waals surface area contributed by atoms with E-state index in [9.17, 15) is 18.0 Å². The van der Waals surface area contributed by atoms with Crippen molar-refractivity contribution in [2.24, 2.45) is 13.0 Å². The molecule has 32 heavy (non-hydrogen) atoms. The summed E-state index contributed by atoms with van der Waals surface area (Å²) in [6.45, 7) is 0.924. The number of halogens is 1. The van der Waals surface area contributed by atoms with Gasteiger partial charge in [-0.2, -0.15) is 4.31 Å². The lowest BCUT2D eigenvalue weighted by Gasteiger charge is -2.31. The minimum absolute atomic E-state index is 0.0446. The van der Waals surface area contributed by atoms with Crippen LogP contribution in [0, 0.1) is 5.92 Å². The van der Waals surface area contributed by atoms with E-state index in [-0.39, 0.29) is 22.9 Å². The molecule has 1 aliphatic rings. The molecule has 1 fully saturated rings. The van der Waals surface area contributed by atoms with E-state index in [1.165, 1.54) is 21.0 Å². The summed E-state index contributed by atoms with van der Waals surface area (Å²) in [6.07, 6.45) is 1.89. The molecule has 0 saturated carbocycles. The number of sulfonamides is 1. The average molecular weight is 478 g/mol. The summed E-state index contributed by atoms with van der Waals surface area (Å²) < 4.78 is 34.1. The Kier molecular flexibility index (Phi) is 6.41. The Morgan fingerprint density at radius 2 is 1.97 bits per heavy atom. The van der Waals surface area contributed by atoms with E-state index in [1.807, 2.05) is 12.1 Å². The number of carbonyl (C=O) groups excluding carboxylic acids is 1. The maximum Gasteiger partial charge on any atom is 0.419 e. The number of benzene rings is 2. The molecule has 2 heterocycles. The summed E-state index contributed by atoms with van der Waals surface area (Å²) in [5, 5.41) is 3.58. The third kappa shape index (κ3) is 4.60. The van der Waals surface area contributed by atoms with Gasteiger partial charge in [0.15, 0.2) is 5.58 Å². The summed E-state index contributed by atoms with van der Waals surface area (Å²) in [4.78, 5) is 24.4. The Morgan fingerprint density at radius 1 is 1.22 bits per heavy atom. The topological polar surface area (TPSA) is 102 Å². The molecule has 0 aliphatic carbocycles. The highest BCUT2D eigenvalue weighted by molar-refractivity contribution is 7.89. The molecule has 0 spiro atoms. The third-order valence-corrected chi connectivity index (χ3v) is 7.90. The maximum atomic E-state index is 13.2. The van der Waals surface area contributed by atoms with Crippen LogP contribution in [0.4, 0.5) is 0 Å². The number of oxazole rings is 1. The van der Waals surface area contributed by atoms with Crippen molar-refractivity contribution in [2.45, 2.75) is 24.2 Å². The number of nitrogens with zero attached hydrogens (tertiary/aromatic N) is 2. The van der Waals surface area contributed by atoms with E-state index in [2.05, 4.69) is 5.32 Å². The lowest BCUT2D eigenvalue weighted by molar-refractivity contribution is -0.126. The average Bonchev–Trinajstić information content (AvgIpc) is 3.08. The van der Waals surface area contributed by atoms with Gasteiger partial charge in [0.05, 0.1) is 16.3 Å². The molecule has 0 bridgehead atoms. The van der Waals surface area contributed by atoms with E-state index in [0.29, 0.717) is 42.9 Å². The minimum atomic E-state index is -3.82. The fraction of sp³-hybridized carbons (Fsp3) is 0.364. The van der Waals surface area contributed by atoms with Gasteiger partial charge in [-0.25, -0.2) is 13.2 Å². The molecule has 1 N–H and O–H groups in total. The summed E-state index contributed by atoms with van der Waals surface area (Å²) in [5.41, 5.74) is 1.79. The van der Waals surface area contributed by atoms with Gasteiger partial charge in [-0.05, 0) is 49.1 Å². The summed E-state index contributed by atoms with van der Waals surface area (Å²) in [6, 6.07) is 11.8. The Hall–Kier alpha value is -2.62. The molecule has 8 nitrogen and oxygen atoms in total. The van der Waals surface area contributed by atoms with Crippen LogP contribution in [0.25, 0.3) is 11.1 Å². The molecule has 170 valence electrons. The number of piperidine rings is 1. The number of aryl methyl sites for hydroxylation is 1. The molecule has 1 aliphatic heterocycles. The number of fused-ring (bicyclic) bond motifs is 1. The summed E-state index contributed by atoms with van der Waals surface area (Å²) >= 11 is 5.89. The first-order valence-electron chi connectivity index (χ1n) is 10.4. The number of aromatic nitrogens is 1. The standard InChI is InChI=1S/C22H24ClN3O5S/c1-25-19-9-8-18(13-20(19)31-22(25)28)32(29,30)26-12-2-3-16(14-26)21(27)24-11-10-15-4-6-17(23)7-5-15/h4-9,13,16H,2-3,10-12,14H2,1H3,(H,24,27)/t16-/m1/s1. The van der Waals surface area contributed by atoms with Crippen LogP contribution in [0.3, 0.4) is 0 Å². The van der Waals surface area contributed by atoms with E-state index >= 15 is 0 Å². The van der Waals surface area contributed by atoms with E-state index < -0.39 is 21.7 Å². The first-order chi connectivity index (χ1) is 15.3. The molecule has 3 aromatic rings. The molecule has 2 aromatic carbocycles. The van der Waals surface area contributed by atoms with Crippen molar-refractivity contribution in [3.8, 4) is 0 Å². The van der Waals surface area contributed by atoms with Crippen LogP contribution in [-0.4, -0.2) is 42.8 Å². The van der Waals surface area contributed by atoms with Crippen molar-refractivity contribution < 1.29 is 17.6 Å². The monoisotopic (exact) mass is 477 g/mol. The number of hydrogen-bond donors (Lipinski definition) is 1. The predicted octanol–water partition coefficient (Wildman–Crippen LogP) is 2.54. The summed E-state index contributed by atoms with van der Waals surface area (Å²) in [7, 11) is -2.26. The van der Waals surface area contributed by atoms with Crippen LogP contribution < -0.4 is 11.1 Å². The van der Waals surface area contributed by atoms with Crippen molar-refractivity contribution in [2.75, 3.05) is 19.6 Å². The van der Waals surface area contributed by atoms with Gasteiger partial charge in [-0.3, -0.25) is 9.36 Å². The highest BCUT2D eigenvalue weighted by Gasteiger charge is 2.33. The molecule has 4 rings (SSSR count). The van der Waals surface area contributed by atoms with Gasteiger partial charge in [0, 0.05) is 37.8 Å². The third-order valence-electron chi connectivity index (χ3n) is 5.78. The van der Waals surface area contributed by atoms with Crippen LogP contribution in [0.5, 0.6) is 0 Å². The first kappa shape index (κ1) is 22.6. The SMILES string of the molecule is Cn1c(=O)oc2cc(S(=O)(=O)N3CCC[C@@H](C(=O)NCCc4ccc(Cl)cc4)C3)ccc21. The lowest BCUT2D eigenvalue weighted by atomic mass is 9.99. The van der Waals surface area contributed by atoms with Crippen molar-refractivity contribution in [1.82, 2.24) is 14.2 Å². The Labute approximate surface area is 190 Å². The largest absolute Gasteiger partial charge is 0.419 e. The van der Waals surface area contributed by atoms with Gasteiger partial charge < -0.3 is 9.73 Å². The van der Waals surface area contributed by atoms with Crippen molar-refractivity contribution in [3.05, 3.63) is 63.6 Å². The smallest absolute Gasteiger partial charge is 0.408 e. The maximum absolute atomic E-state index is 13.2. The summed E-state index contributed by atoms with van der Waals surface area (Å²) in [5.74, 6) is -1.12. The molecular formula is C22H24ClN3O5S. The van der Waals surface area contributed by atoms with Crippen molar-refractivity contribution in [3.63, 3.8) is 0 Å². The lowest BCUT2D eigenvalue weighted by Crippen LogP contribution is -2.45. The zero-order valence-corrected chi connectivity index (χ0v) is 19.2. The van der Waals surface area contributed by atoms with Gasteiger partial charge >= 0.3 is 5.76 Å². The molecule has 0 radical (unpaired) electrons. The van der Waals surface area contributed by atoms with Crippen LogP contribution in [-0.2, 0) is 28.3 Å². The fourth-order valence-electron chi connectivity index (χ4n) is 3.92. The normalized spacial score (nSPS) is 17.5. The quantitative estimate of drug-likeness (QED) is 0.588. The van der Waals surface area contributed by atoms with Gasteiger partial charge in [0.25, 0.3) is 0 Å². The second kappa shape index (κ2) is 9.09. The number of hydrogen-bond acceptors (Lipinski definition) is 5. The van der Waals surface area contributed by atoms with Crippen molar-refractivity contribution >= 4 is 38.6 Å². The van der Waals surface area contributed by atoms with Crippen LogP contribution in [0.2, 0.25) is 5.02 Å². The second-order valence-corrected chi connectivity index (χ2v) is 10.3. The molecule has 10 heteroatoms. The molecule has 1 saturated heterocycles. The van der Waals surface area contributed by atoms with E-state index in [4.69, 9.17) is 16.0 Å². The highest BCUT2D eigenvalue weighted by Crippen LogP contribution is 2.26. The van der Waals surface area contributed by atoms with Crippen LogP contribution in [0.15, 0.2) is 56.6 Å². The minimum Gasteiger partial charge on any atom is -0.408 e. The van der Waals surface area contributed by atoms with Crippen LogP contribution in [0.1, 0.15) is 18.4 Å². The predicted molar refractivity (Wildman–Crippen MR) is 121 cm³/mol. The van der Waals surface area contributed by atoms with Gasteiger partial charge in [-0.15, -0.1) is 0 Å². The zero-order valence-electron chi connectivity index (χ0n) is 17.6. The fourth-order valence-corrected chi connectivity index (χ4v) is 5.59. The number of amides is 1. The highest BCUT2D eigenvalue weighted by atomic mass is 35.5. The number of carbonyl (C=O) groups is 1. The first-order valence-corrected chi connectivity index (χ1v) is 12.2. The number of nitrogens with one attached hydrogen (secondary N) is 1. The van der Waals surface area contributed by atoms with Gasteiger partial charge in [-0.1, -0.05) is 23.7 Å². The molecule has 0 unspecified atom stereocenters. The van der Waals surface area contributed by atoms with E-state index in [1.54, 1.807) is 25.2 Å². The Bertz CT molecular complexity index is 1300. The van der Waals surface area contributed by atoms with E-state index in [0.717, 1.165) is 5.56 Å². The molecular weight excluding hydrogens is 454 g/mol. The molecule has 1 amide bonds. The molecule has 1 aromatic heterocycles. The number of rotatable bonds is 6. The molecule has 1 atom stereocenters. The zero-order chi connectivity index (χ0) is 22.9. The van der Waals surface area contributed by atoms with Gasteiger partial charge in [0.2, 0.25) is 15.9 Å². The Balaban J connectivity index is 1.41.